The zero-order valence-corrected chi connectivity index (χ0v) is 21.0. The predicted molar refractivity (Wildman–Crippen MR) is 137 cm³/mol. The molecule has 2 aromatic carbocycles. The lowest BCUT2D eigenvalue weighted by molar-refractivity contribution is -0.113. The fourth-order valence-electron chi connectivity index (χ4n) is 3.25. The number of thioether (sulfide) groups is 1. The molecule has 0 saturated carbocycles. The summed E-state index contributed by atoms with van der Waals surface area (Å²) in [5, 5.41) is 15.5. The van der Waals surface area contributed by atoms with E-state index in [4.69, 9.17) is 11.6 Å². The highest BCUT2D eigenvalue weighted by Crippen LogP contribution is 2.22. The van der Waals surface area contributed by atoms with Crippen molar-refractivity contribution in [1.29, 1.82) is 0 Å². The zero-order chi connectivity index (χ0) is 24.7. The Kier molecular flexibility index (Phi) is 8.90. The summed E-state index contributed by atoms with van der Waals surface area (Å²) in [5.74, 6) is 0.807. The van der Waals surface area contributed by atoms with E-state index in [0.717, 1.165) is 5.69 Å². The van der Waals surface area contributed by atoms with Gasteiger partial charge in [-0.3, -0.25) is 9.59 Å². The molecule has 0 aliphatic heterocycles. The quantitative estimate of drug-likeness (QED) is 0.286. The van der Waals surface area contributed by atoms with Gasteiger partial charge in [0.1, 0.15) is 0 Å². The monoisotopic (exact) mass is 497 g/mol. The van der Waals surface area contributed by atoms with Gasteiger partial charge in [0.2, 0.25) is 5.91 Å². The number of allylic oxidation sites excluding steroid dienone is 1. The van der Waals surface area contributed by atoms with Gasteiger partial charge >= 0.3 is 0 Å². The third kappa shape index (κ3) is 6.71. The highest BCUT2D eigenvalue weighted by Gasteiger charge is 2.20. The largest absolute Gasteiger partial charge is 0.342 e. The number of nitrogens with one attached hydrogen (secondary N) is 2. The Labute approximate surface area is 209 Å². The molecule has 34 heavy (non-hydrogen) atoms. The van der Waals surface area contributed by atoms with Crippen LogP contribution in [0.3, 0.4) is 0 Å². The van der Waals surface area contributed by atoms with Crippen LogP contribution in [0.15, 0.2) is 66.3 Å². The Morgan fingerprint density at radius 1 is 1.09 bits per heavy atom. The van der Waals surface area contributed by atoms with Gasteiger partial charge < -0.3 is 15.2 Å². The first-order chi connectivity index (χ1) is 16.3. The number of aromatic nitrogens is 3. The van der Waals surface area contributed by atoms with E-state index in [0.29, 0.717) is 34.0 Å². The summed E-state index contributed by atoms with van der Waals surface area (Å²) in [7, 11) is 0. The van der Waals surface area contributed by atoms with Gasteiger partial charge in [-0.2, -0.15) is 0 Å². The number of anilines is 1. The molecule has 1 heterocycles. The Morgan fingerprint density at radius 3 is 2.38 bits per heavy atom. The second-order valence-electron chi connectivity index (χ2n) is 8.06. The normalized spacial score (nSPS) is 11.8. The Bertz CT molecular complexity index is 1140. The second-order valence-corrected chi connectivity index (χ2v) is 9.43. The number of carbonyl (C=O) groups is 2. The van der Waals surface area contributed by atoms with Crippen LogP contribution in [0.4, 0.5) is 5.69 Å². The molecule has 0 spiro atoms. The molecule has 0 unspecified atom stereocenters. The lowest BCUT2D eigenvalue weighted by Crippen LogP contribution is -2.28. The van der Waals surface area contributed by atoms with Gasteiger partial charge in [0, 0.05) is 22.8 Å². The summed E-state index contributed by atoms with van der Waals surface area (Å²) in [5.41, 5.74) is 2.47. The standard InChI is InChI=1S/C25H28ClN5O2S/c1-5-14-31-23(17(4)27-24(33)19-6-10-20(26)11-7-19)29-30-25(31)34-15-22(32)28-21-12-8-18(9-13-21)16(2)3/h5-13,16-17H,1,14-15H2,2-4H3,(H,27,33)(H,28,32)/t17-/m0/s1. The molecule has 3 aromatic rings. The van der Waals surface area contributed by atoms with Crippen molar-refractivity contribution in [3.63, 3.8) is 0 Å². The first kappa shape index (κ1) is 25.5. The van der Waals surface area contributed by atoms with E-state index in [1.165, 1.54) is 17.3 Å². The number of benzene rings is 2. The summed E-state index contributed by atoms with van der Waals surface area (Å²) < 4.78 is 1.84. The van der Waals surface area contributed by atoms with E-state index in [2.05, 4.69) is 41.3 Å². The van der Waals surface area contributed by atoms with Crippen molar-refractivity contribution in [2.75, 3.05) is 11.1 Å². The number of hydrogen-bond acceptors (Lipinski definition) is 5. The summed E-state index contributed by atoms with van der Waals surface area (Å²) in [6.07, 6.45) is 1.72. The first-order valence-electron chi connectivity index (χ1n) is 10.9. The number of amides is 2. The van der Waals surface area contributed by atoms with Gasteiger partial charge in [-0.05, 0) is 54.8 Å². The topological polar surface area (TPSA) is 88.9 Å². The fourth-order valence-corrected chi connectivity index (χ4v) is 4.13. The predicted octanol–water partition coefficient (Wildman–Crippen LogP) is 5.46. The molecule has 3 rings (SSSR count). The smallest absolute Gasteiger partial charge is 0.251 e. The molecule has 0 aliphatic rings. The summed E-state index contributed by atoms with van der Waals surface area (Å²) in [6, 6.07) is 14.1. The number of halogens is 1. The number of nitrogens with zero attached hydrogens (tertiary/aromatic N) is 3. The van der Waals surface area contributed by atoms with Crippen molar-refractivity contribution in [2.45, 2.75) is 44.4 Å². The van der Waals surface area contributed by atoms with Gasteiger partial charge in [-0.1, -0.05) is 55.4 Å². The van der Waals surface area contributed by atoms with Crippen LogP contribution < -0.4 is 10.6 Å². The number of carbonyl (C=O) groups excluding carboxylic acids is 2. The maximum atomic E-state index is 12.6. The highest BCUT2D eigenvalue weighted by molar-refractivity contribution is 7.99. The Morgan fingerprint density at radius 2 is 1.76 bits per heavy atom. The van der Waals surface area contributed by atoms with Crippen molar-refractivity contribution in [2.24, 2.45) is 0 Å². The average molecular weight is 498 g/mol. The van der Waals surface area contributed by atoms with E-state index < -0.39 is 6.04 Å². The third-order valence-corrected chi connectivity index (χ3v) is 6.31. The number of hydrogen-bond donors (Lipinski definition) is 2. The summed E-state index contributed by atoms with van der Waals surface area (Å²) in [6.45, 7) is 10.3. The molecule has 178 valence electrons. The van der Waals surface area contributed by atoms with Crippen LogP contribution >= 0.6 is 23.4 Å². The van der Waals surface area contributed by atoms with Crippen molar-refractivity contribution in [1.82, 2.24) is 20.1 Å². The molecule has 7 nitrogen and oxygen atoms in total. The SMILES string of the molecule is C=CCn1c(SCC(=O)Nc2ccc(C(C)C)cc2)nnc1[C@H](C)NC(=O)c1ccc(Cl)cc1. The summed E-state index contributed by atoms with van der Waals surface area (Å²) >= 11 is 7.18. The first-order valence-corrected chi connectivity index (χ1v) is 12.3. The molecule has 2 amide bonds. The molecule has 0 bridgehead atoms. The van der Waals surface area contributed by atoms with Gasteiger partial charge in [-0.25, -0.2) is 0 Å². The van der Waals surface area contributed by atoms with Gasteiger partial charge in [-0.15, -0.1) is 16.8 Å². The average Bonchev–Trinajstić information content (AvgIpc) is 3.21. The van der Waals surface area contributed by atoms with Crippen LogP contribution in [0.1, 0.15) is 54.5 Å². The second kappa shape index (κ2) is 11.9. The van der Waals surface area contributed by atoms with Crippen molar-refractivity contribution in [3.8, 4) is 0 Å². The molecule has 9 heteroatoms. The molecule has 2 N–H and O–H groups in total. The van der Waals surface area contributed by atoms with Crippen molar-refractivity contribution < 1.29 is 9.59 Å². The van der Waals surface area contributed by atoms with Crippen LogP contribution in [0.2, 0.25) is 5.02 Å². The minimum atomic E-state index is -0.404. The van der Waals surface area contributed by atoms with Gasteiger partial charge in [0.05, 0.1) is 11.8 Å². The van der Waals surface area contributed by atoms with Crippen LogP contribution in [0.5, 0.6) is 0 Å². The minimum Gasteiger partial charge on any atom is -0.342 e. The van der Waals surface area contributed by atoms with E-state index in [1.807, 2.05) is 35.8 Å². The Balaban J connectivity index is 1.63. The maximum Gasteiger partial charge on any atom is 0.251 e. The Hall–Kier alpha value is -3.10. The lowest BCUT2D eigenvalue weighted by atomic mass is 10.0. The van der Waals surface area contributed by atoms with Crippen LogP contribution in [0.25, 0.3) is 0 Å². The van der Waals surface area contributed by atoms with Crippen LogP contribution in [0, 0.1) is 0 Å². The fraction of sp³-hybridized carbons (Fsp3) is 0.280. The number of rotatable bonds is 10. The molecule has 1 atom stereocenters. The molecular formula is C25H28ClN5O2S. The molecule has 0 radical (unpaired) electrons. The third-order valence-electron chi connectivity index (χ3n) is 5.09. The molecular weight excluding hydrogens is 470 g/mol. The van der Waals surface area contributed by atoms with E-state index in [9.17, 15) is 9.59 Å². The zero-order valence-electron chi connectivity index (χ0n) is 19.4. The van der Waals surface area contributed by atoms with Crippen LogP contribution in [-0.2, 0) is 11.3 Å². The van der Waals surface area contributed by atoms with E-state index in [1.54, 1.807) is 30.3 Å². The van der Waals surface area contributed by atoms with E-state index >= 15 is 0 Å². The minimum absolute atomic E-state index is 0.138. The lowest BCUT2D eigenvalue weighted by Gasteiger charge is -2.15. The van der Waals surface area contributed by atoms with Gasteiger partial charge in [0.25, 0.3) is 5.91 Å². The van der Waals surface area contributed by atoms with Gasteiger partial charge in [0.15, 0.2) is 11.0 Å². The highest BCUT2D eigenvalue weighted by atomic mass is 35.5. The molecule has 0 aliphatic carbocycles. The van der Waals surface area contributed by atoms with Crippen molar-refractivity contribution in [3.05, 3.63) is 83.2 Å². The molecule has 0 fully saturated rings. The van der Waals surface area contributed by atoms with Crippen molar-refractivity contribution >= 4 is 40.9 Å². The van der Waals surface area contributed by atoms with Crippen LogP contribution in [-0.4, -0.2) is 32.3 Å². The van der Waals surface area contributed by atoms with E-state index in [-0.39, 0.29) is 17.6 Å². The molecule has 1 aromatic heterocycles. The summed E-state index contributed by atoms with van der Waals surface area (Å²) in [4.78, 5) is 25.0. The molecule has 0 saturated heterocycles. The maximum absolute atomic E-state index is 12.6.